The summed E-state index contributed by atoms with van der Waals surface area (Å²) in [5.74, 6) is 0.188. The molecule has 1 heterocycles. The minimum atomic E-state index is -0.509. The minimum absolute atomic E-state index is 0.0266. The van der Waals surface area contributed by atoms with Gasteiger partial charge in [-0.2, -0.15) is 0 Å². The van der Waals surface area contributed by atoms with Crippen molar-refractivity contribution in [3.05, 3.63) is 18.2 Å². The molecule has 2 N–H and O–H groups in total. The zero-order chi connectivity index (χ0) is 13.1. The van der Waals surface area contributed by atoms with Gasteiger partial charge in [0.15, 0.2) is 0 Å². The van der Waals surface area contributed by atoms with Crippen molar-refractivity contribution in [2.24, 2.45) is 0 Å². The van der Waals surface area contributed by atoms with Crippen molar-refractivity contribution >= 4 is 35.0 Å². The fourth-order valence-corrected chi connectivity index (χ4v) is 2.30. The molecule has 0 aromatic heterocycles. The molecule has 2 amide bonds. The van der Waals surface area contributed by atoms with E-state index in [0.717, 1.165) is 10.6 Å². The zero-order valence-electron chi connectivity index (χ0n) is 10.1. The molecular weight excluding hydrogens is 252 g/mol. The molecule has 1 aromatic rings. The fraction of sp³-hybridized carbons (Fsp3) is 0.333. The molecule has 5 nitrogen and oxygen atoms in total. The number of nitrogens with one attached hydrogen (secondary N) is 2. The number of methoxy groups -OCH3 is 1. The standard InChI is InChI=1S/C12H14N2O3S/c1-7(17-2)12(16)13-8-3-4-10-9(5-8)14-11(15)6-18-10/h3-5,7H,6H2,1-2H3,(H,13,16)(H,14,15). The number of anilines is 2. The van der Waals surface area contributed by atoms with Crippen LogP contribution in [0.2, 0.25) is 0 Å². The Hall–Kier alpha value is -1.53. The van der Waals surface area contributed by atoms with Crippen LogP contribution in [0.1, 0.15) is 6.92 Å². The second-order valence-electron chi connectivity index (χ2n) is 3.91. The average Bonchev–Trinajstić information content (AvgIpc) is 2.37. The molecule has 0 radical (unpaired) electrons. The van der Waals surface area contributed by atoms with Crippen LogP contribution in [0.15, 0.2) is 23.1 Å². The van der Waals surface area contributed by atoms with Crippen LogP contribution >= 0.6 is 11.8 Å². The molecule has 0 fully saturated rings. The maximum Gasteiger partial charge on any atom is 0.253 e. The third-order valence-electron chi connectivity index (χ3n) is 2.60. The van der Waals surface area contributed by atoms with E-state index in [1.54, 1.807) is 13.0 Å². The van der Waals surface area contributed by atoms with E-state index >= 15 is 0 Å². The fourth-order valence-electron chi connectivity index (χ4n) is 1.51. The number of rotatable bonds is 3. The first kappa shape index (κ1) is 12.9. The summed E-state index contributed by atoms with van der Waals surface area (Å²) in [5, 5.41) is 5.51. The Kier molecular flexibility index (Phi) is 3.88. The van der Waals surface area contributed by atoms with Gasteiger partial charge in [0, 0.05) is 17.7 Å². The minimum Gasteiger partial charge on any atom is -0.372 e. The molecule has 96 valence electrons. The molecule has 0 spiro atoms. The normalized spacial score (nSPS) is 15.6. The average molecular weight is 266 g/mol. The first-order valence-electron chi connectivity index (χ1n) is 5.50. The van der Waals surface area contributed by atoms with E-state index in [1.807, 2.05) is 12.1 Å². The summed E-state index contributed by atoms with van der Waals surface area (Å²) in [4.78, 5) is 23.9. The third kappa shape index (κ3) is 2.83. The number of carbonyl (C=O) groups is 2. The highest BCUT2D eigenvalue weighted by Crippen LogP contribution is 2.33. The highest BCUT2D eigenvalue weighted by atomic mass is 32.2. The van der Waals surface area contributed by atoms with Gasteiger partial charge in [0.25, 0.3) is 5.91 Å². The van der Waals surface area contributed by atoms with Gasteiger partial charge in [0.1, 0.15) is 6.10 Å². The lowest BCUT2D eigenvalue weighted by Gasteiger charge is -2.18. The highest BCUT2D eigenvalue weighted by Gasteiger charge is 2.17. The van der Waals surface area contributed by atoms with E-state index < -0.39 is 6.10 Å². The van der Waals surface area contributed by atoms with Crippen LogP contribution in [0, 0.1) is 0 Å². The largest absolute Gasteiger partial charge is 0.372 e. The van der Waals surface area contributed by atoms with Crippen LogP contribution in [0.4, 0.5) is 11.4 Å². The summed E-state index contributed by atoms with van der Waals surface area (Å²) in [6.07, 6.45) is -0.509. The van der Waals surface area contributed by atoms with Crippen LogP contribution in [0.25, 0.3) is 0 Å². The Morgan fingerprint density at radius 2 is 2.33 bits per heavy atom. The number of fused-ring (bicyclic) bond motifs is 1. The van der Waals surface area contributed by atoms with E-state index in [4.69, 9.17) is 4.74 Å². The molecule has 1 aliphatic rings. The van der Waals surface area contributed by atoms with Gasteiger partial charge in [-0.3, -0.25) is 9.59 Å². The molecule has 0 aliphatic carbocycles. The maximum atomic E-state index is 11.6. The molecule has 1 atom stereocenters. The number of amides is 2. The Bertz CT molecular complexity index is 490. The van der Waals surface area contributed by atoms with Crippen molar-refractivity contribution in [2.45, 2.75) is 17.9 Å². The smallest absolute Gasteiger partial charge is 0.253 e. The van der Waals surface area contributed by atoms with Gasteiger partial charge >= 0.3 is 0 Å². The van der Waals surface area contributed by atoms with Crippen molar-refractivity contribution in [2.75, 3.05) is 23.5 Å². The number of hydrogen-bond acceptors (Lipinski definition) is 4. The molecule has 2 rings (SSSR count). The van der Waals surface area contributed by atoms with Gasteiger partial charge in [-0.15, -0.1) is 11.8 Å². The monoisotopic (exact) mass is 266 g/mol. The van der Waals surface area contributed by atoms with Gasteiger partial charge in [0.05, 0.1) is 11.4 Å². The van der Waals surface area contributed by atoms with Crippen LogP contribution in [0.5, 0.6) is 0 Å². The third-order valence-corrected chi connectivity index (χ3v) is 3.68. The predicted molar refractivity (Wildman–Crippen MR) is 70.9 cm³/mol. The lowest BCUT2D eigenvalue weighted by Crippen LogP contribution is -2.26. The van der Waals surface area contributed by atoms with Crippen molar-refractivity contribution in [1.29, 1.82) is 0 Å². The Balaban J connectivity index is 2.13. The van der Waals surface area contributed by atoms with Gasteiger partial charge in [0.2, 0.25) is 5.91 Å². The van der Waals surface area contributed by atoms with E-state index in [9.17, 15) is 9.59 Å². The second-order valence-corrected chi connectivity index (χ2v) is 4.93. The highest BCUT2D eigenvalue weighted by molar-refractivity contribution is 8.00. The van der Waals surface area contributed by atoms with Gasteiger partial charge < -0.3 is 15.4 Å². The zero-order valence-corrected chi connectivity index (χ0v) is 11.0. The summed E-state index contributed by atoms with van der Waals surface area (Å²) in [5.41, 5.74) is 1.38. The molecule has 0 saturated heterocycles. The SMILES string of the molecule is COC(C)C(=O)Nc1ccc2c(c1)NC(=O)CS2. The van der Waals surface area contributed by atoms with Crippen molar-refractivity contribution in [3.63, 3.8) is 0 Å². The summed E-state index contributed by atoms with van der Waals surface area (Å²) >= 11 is 1.49. The number of benzene rings is 1. The van der Waals surface area contributed by atoms with E-state index in [0.29, 0.717) is 11.4 Å². The van der Waals surface area contributed by atoms with E-state index in [-0.39, 0.29) is 11.8 Å². The molecule has 1 aliphatic heterocycles. The molecular formula is C12H14N2O3S. The first-order chi connectivity index (χ1) is 8.60. The summed E-state index contributed by atoms with van der Waals surface area (Å²) in [6, 6.07) is 5.44. The van der Waals surface area contributed by atoms with Crippen molar-refractivity contribution in [3.8, 4) is 0 Å². The molecule has 6 heteroatoms. The van der Waals surface area contributed by atoms with E-state index in [1.165, 1.54) is 18.9 Å². The maximum absolute atomic E-state index is 11.6. The summed E-state index contributed by atoms with van der Waals surface area (Å²) in [6.45, 7) is 1.67. The Morgan fingerprint density at radius 1 is 1.56 bits per heavy atom. The first-order valence-corrected chi connectivity index (χ1v) is 6.49. The lowest BCUT2D eigenvalue weighted by molar-refractivity contribution is -0.124. The Morgan fingerprint density at radius 3 is 3.06 bits per heavy atom. The molecule has 18 heavy (non-hydrogen) atoms. The Labute approximate surface area is 109 Å². The van der Waals surface area contributed by atoms with E-state index in [2.05, 4.69) is 10.6 Å². The van der Waals surface area contributed by atoms with Gasteiger partial charge in [-0.05, 0) is 25.1 Å². The molecule has 0 saturated carbocycles. The van der Waals surface area contributed by atoms with Crippen molar-refractivity contribution < 1.29 is 14.3 Å². The van der Waals surface area contributed by atoms with Crippen LogP contribution in [-0.4, -0.2) is 30.8 Å². The number of hydrogen-bond donors (Lipinski definition) is 2. The van der Waals surface area contributed by atoms with Crippen LogP contribution < -0.4 is 10.6 Å². The predicted octanol–water partition coefficient (Wildman–Crippen LogP) is 1.70. The van der Waals surface area contributed by atoms with Crippen molar-refractivity contribution in [1.82, 2.24) is 0 Å². The quantitative estimate of drug-likeness (QED) is 0.874. The number of thioether (sulfide) groups is 1. The summed E-state index contributed by atoms with van der Waals surface area (Å²) in [7, 11) is 1.48. The van der Waals surface area contributed by atoms with Crippen LogP contribution in [-0.2, 0) is 14.3 Å². The molecule has 0 bridgehead atoms. The number of carbonyl (C=O) groups excluding carboxylic acids is 2. The second kappa shape index (κ2) is 5.41. The van der Waals surface area contributed by atoms with Gasteiger partial charge in [-0.25, -0.2) is 0 Å². The number of ether oxygens (including phenoxy) is 1. The summed E-state index contributed by atoms with van der Waals surface area (Å²) < 4.78 is 4.93. The molecule has 1 unspecified atom stereocenters. The van der Waals surface area contributed by atoms with Gasteiger partial charge in [-0.1, -0.05) is 0 Å². The van der Waals surface area contributed by atoms with Crippen LogP contribution in [0.3, 0.4) is 0 Å². The molecule has 1 aromatic carbocycles. The topological polar surface area (TPSA) is 67.4 Å². The lowest BCUT2D eigenvalue weighted by atomic mass is 10.2.